The third-order valence-corrected chi connectivity index (χ3v) is 10.2. The first-order valence-corrected chi connectivity index (χ1v) is 12.4. The van der Waals surface area contributed by atoms with Crippen LogP contribution in [0.4, 0.5) is 0 Å². The van der Waals surface area contributed by atoms with Crippen molar-refractivity contribution in [3.05, 3.63) is 23.0 Å². The molecule has 30 heavy (non-hydrogen) atoms. The molecule has 0 radical (unpaired) electrons. The van der Waals surface area contributed by atoms with Crippen LogP contribution in [0.2, 0.25) is 0 Å². The molecule has 0 bridgehead atoms. The van der Waals surface area contributed by atoms with Crippen LogP contribution in [0.3, 0.4) is 0 Å². The fraction of sp³-hybridized carbons (Fsp3) is 0.808. The first kappa shape index (κ1) is 20.8. The van der Waals surface area contributed by atoms with Gasteiger partial charge in [0, 0.05) is 23.7 Å². The summed E-state index contributed by atoms with van der Waals surface area (Å²) < 4.78 is 1.99. The summed E-state index contributed by atoms with van der Waals surface area (Å²) in [5.74, 6) is 2.76. The second-order valence-electron chi connectivity index (χ2n) is 11.5. The van der Waals surface area contributed by atoms with Crippen molar-refractivity contribution in [1.29, 1.82) is 0 Å². The van der Waals surface area contributed by atoms with E-state index in [-0.39, 0.29) is 17.6 Å². The Morgan fingerprint density at radius 2 is 1.87 bits per heavy atom. The van der Waals surface area contributed by atoms with E-state index in [0.717, 1.165) is 49.8 Å². The summed E-state index contributed by atoms with van der Waals surface area (Å²) in [5, 5.41) is 26.3. The molecule has 4 heteroatoms. The molecule has 1 heterocycles. The molecular formula is C26H40N2O2. The van der Waals surface area contributed by atoms with E-state index in [1.54, 1.807) is 0 Å². The van der Waals surface area contributed by atoms with Crippen molar-refractivity contribution >= 4 is 6.08 Å². The van der Waals surface area contributed by atoms with E-state index >= 15 is 0 Å². The van der Waals surface area contributed by atoms with Gasteiger partial charge in [-0.3, -0.25) is 4.68 Å². The zero-order valence-corrected chi connectivity index (χ0v) is 19.3. The lowest BCUT2D eigenvalue weighted by Crippen LogP contribution is -2.54. The highest BCUT2D eigenvalue weighted by atomic mass is 16.3. The Morgan fingerprint density at radius 1 is 1.10 bits per heavy atom. The van der Waals surface area contributed by atoms with E-state index in [1.807, 2.05) is 4.68 Å². The maximum Gasteiger partial charge on any atom is 0.0809 e. The Morgan fingerprint density at radius 3 is 2.60 bits per heavy atom. The topological polar surface area (TPSA) is 58.3 Å². The summed E-state index contributed by atoms with van der Waals surface area (Å²) in [4.78, 5) is 0. The summed E-state index contributed by atoms with van der Waals surface area (Å²) in [5.41, 5.74) is 3.86. The zero-order valence-electron chi connectivity index (χ0n) is 19.3. The Labute approximate surface area is 181 Å². The lowest BCUT2D eigenvalue weighted by Gasteiger charge is -2.60. The molecule has 8 atom stereocenters. The van der Waals surface area contributed by atoms with Crippen molar-refractivity contribution in [2.45, 2.75) is 97.8 Å². The van der Waals surface area contributed by atoms with Crippen LogP contribution in [0.15, 0.2) is 11.8 Å². The SMILES string of the molecule is CCn1cc(/C=C2/C[C@H]3[C@@H]4CC[C@@H]5C[C@@H](O)CC[C@]5(C)[C@H]4CC[C@]3(C)[C@@H]2O)c(C)n1. The molecule has 0 amide bonds. The molecule has 0 spiro atoms. The normalized spacial score (nSPS) is 47.1. The van der Waals surface area contributed by atoms with Gasteiger partial charge in [0.1, 0.15) is 0 Å². The molecule has 4 saturated carbocycles. The fourth-order valence-electron chi connectivity index (χ4n) is 8.27. The van der Waals surface area contributed by atoms with Gasteiger partial charge in [0.25, 0.3) is 0 Å². The second kappa shape index (κ2) is 7.20. The standard InChI is InChI=1S/C26H40N2O2/c1-5-28-15-18(16(2)27-28)12-17-13-23-21-7-6-19-14-20(29)8-10-25(19,3)22(21)9-11-26(23,4)24(17)30/h12,15,19-24,29-30H,5-11,13-14H2,1-4H3/b17-12-/t19-,20+,21-,22+,23+,24-,25+,26+/m1/s1. The third-order valence-electron chi connectivity index (χ3n) is 10.2. The van der Waals surface area contributed by atoms with Crippen LogP contribution in [0.5, 0.6) is 0 Å². The summed E-state index contributed by atoms with van der Waals surface area (Å²) in [6, 6.07) is 0. The molecule has 4 nitrogen and oxygen atoms in total. The fourth-order valence-corrected chi connectivity index (χ4v) is 8.27. The lowest BCUT2D eigenvalue weighted by atomic mass is 9.45. The Balaban J connectivity index is 1.44. The quantitative estimate of drug-likeness (QED) is 0.721. The van der Waals surface area contributed by atoms with Gasteiger partial charge in [0.2, 0.25) is 0 Å². The number of hydrogen-bond donors (Lipinski definition) is 2. The van der Waals surface area contributed by atoms with Crippen molar-refractivity contribution < 1.29 is 10.2 Å². The molecule has 4 aliphatic carbocycles. The number of nitrogens with zero attached hydrogens (tertiary/aromatic N) is 2. The number of aliphatic hydroxyl groups is 2. The molecule has 4 aliphatic rings. The van der Waals surface area contributed by atoms with Gasteiger partial charge in [-0.05, 0) is 106 Å². The van der Waals surface area contributed by atoms with E-state index in [2.05, 4.69) is 45.1 Å². The largest absolute Gasteiger partial charge is 0.393 e. The van der Waals surface area contributed by atoms with Crippen LogP contribution < -0.4 is 0 Å². The molecule has 0 saturated heterocycles. The number of aliphatic hydroxyl groups excluding tert-OH is 2. The van der Waals surface area contributed by atoms with Crippen molar-refractivity contribution in [3.8, 4) is 0 Å². The van der Waals surface area contributed by atoms with Crippen LogP contribution >= 0.6 is 0 Å². The van der Waals surface area contributed by atoms with Gasteiger partial charge >= 0.3 is 0 Å². The molecule has 0 unspecified atom stereocenters. The molecule has 0 aliphatic heterocycles. The first-order valence-electron chi connectivity index (χ1n) is 12.4. The average Bonchev–Trinajstić information content (AvgIpc) is 3.20. The average molecular weight is 413 g/mol. The third kappa shape index (κ3) is 2.97. The highest BCUT2D eigenvalue weighted by Gasteiger charge is 2.61. The molecule has 2 N–H and O–H groups in total. The van der Waals surface area contributed by atoms with E-state index in [1.165, 1.54) is 36.8 Å². The minimum atomic E-state index is -0.327. The number of aryl methyl sites for hydroxylation is 2. The van der Waals surface area contributed by atoms with Crippen molar-refractivity contribution in [2.24, 2.45) is 34.5 Å². The van der Waals surface area contributed by atoms with Gasteiger partial charge in [-0.15, -0.1) is 0 Å². The predicted octanol–water partition coefficient (Wildman–Crippen LogP) is 4.97. The smallest absolute Gasteiger partial charge is 0.0809 e. The maximum atomic E-state index is 11.5. The van der Waals surface area contributed by atoms with Crippen LogP contribution in [0.25, 0.3) is 6.08 Å². The van der Waals surface area contributed by atoms with Crippen molar-refractivity contribution in [3.63, 3.8) is 0 Å². The minimum absolute atomic E-state index is 0.0129. The van der Waals surface area contributed by atoms with Crippen LogP contribution in [-0.2, 0) is 6.54 Å². The molecular weight excluding hydrogens is 372 g/mol. The highest BCUT2D eigenvalue weighted by molar-refractivity contribution is 5.56. The molecule has 1 aromatic rings. The molecule has 1 aromatic heterocycles. The van der Waals surface area contributed by atoms with Gasteiger partial charge in [0.15, 0.2) is 0 Å². The van der Waals surface area contributed by atoms with Gasteiger partial charge < -0.3 is 10.2 Å². The first-order chi connectivity index (χ1) is 14.3. The zero-order chi connectivity index (χ0) is 21.3. The summed E-state index contributed by atoms with van der Waals surface area (Å²) in [6.45, 7) is 9.97. The highest BCUT2D eigenvalue weighted by Crippen LogP contribution is 2.67. The van der Waals surface area contributed by atoms with Gasteiger partial charge in [-0.1, -0.05) is 13.8 Å². The molecule has 166 valence electrons. The Hall–Kier alpha value is -1.13. The summed E-state index contributed by atoms with van der Waals surface area (Å²) in [7, 11) is 0. The number of hydrogen-bond acceptors (Lipinski definition) is 3. The predicted molar refractivity (Wildman–Crippen MR) is 120 cm³/mol. The molecule has 4 fully saturated rings. The number of fused-ring (bicyclic) bond motifs is 5. The van der Waals surface area contributed by atoms with Crippen molar-refractivity contribution in [1.82, 2.24) is 9.78 Å². The molecule has 5 rings (SSSR count). The summed E-state index contributed by atoms with van der Waals surface area (Å²) in [6.07, 6.45) is 13.1. The second-order valence-corrected chi connectivity index (χ2v) is 11.5. The summed E-state index contributed by atoms with van der Waals surface area (Å²) >= 11 is 0. The van der Waals surface area contributed by atoms with Crippen LogP contribution in [0, 0.1) is 41.4 Å². The minimum Gasteiger partial charge on any atom is -0.393 e. The van der Waals surface area contributed by atoms with E-state index in [4.69, 9.17) is 0 Å². The maximum absolute atomic E-state index is 11.5. The van der Waals surface area contributed by atoms with Crippen LogP contribution in [-0.4, -0.2) is 32.2 Å². The van der Waals surface area contributed by atoms with E-state index in [0.29, 0.717) is 17.3 Å². The number of aromatic nitrogens is 2. The van der Waals surface area contributed by atoms with E-state index in [9.17, 15) is 10.2 Å². The number of rotatable bonds is 2. The Bertz CT molecular complexity index is 844. The van der Waals surface area contributed by atoms with Gasteiger partial charge in [-0.25, -0.2) is 0 Å². The van der Waals surface area contributed by atoms with Crippen LogP contribution in [0.1, 0.15) is 83.4 Å². The van der Waals surface area contributed by atoms with E-state index < -0.39 is 0 Å². The lowest BCUT2D eigenvalue weighted by molar-refractivity contribution is -0.133. The van der Waals surface area contributed by atoms with Crippen molar-refractivity contribution in [2.75, 3.05) is 0 Å². The molecule has 0 aromatic carbocycles. The van der Waals surface area contributed by atoms with Gasteiger partial charge in [-0.2, -0.15) is 5.10 Å². The van der Waals surface area contributed by atoms with Gasteiger partial charge in [0.05, 0.1) is 17.9 Å². The Kier molecular flexibility index (Phi) is 4.98. The monoisotopic (exact) mass is 412 g/mol.